The minimum absolute atomic E-state index is 0.0602. The van der Waals surface area contributed by atoms with Crippen LogP contribution in [0.1, 0.15) is 24.5 Å². The molecule has 31 heavy (non-hydrogen) atoms. The van der Waals surface area contributed by atoms with E-state index in [4.69, 9.17) is 9.94 Å². The number of rotatable bonds is 5. The zero-order chi connectivity index (χ0) is 22.6. The lowest BCUT2D eigenvalue weighted by atomic mass is 10.0. The van der Waals surface area contributed by atoms with E-state index in [1.807, 2.05) is 0 Å². The first-order valence-electron chi connectivity index (χ1n) is 9.28. The molecule has 0 aliphatic carbocycles. The van der Waals surface area contributed by atoms with E-state index in [0.29, 0.717) is 5.69 Å². The van der Waals surface area contributed by atoms with Crippen molar-refractivity contribution in [3.8, 4) is 11.8 Å². The molecule has 1 aliphatic rings. The van der Waals surface area contributed by atoms with Crippen molar-refractivity contribution < 1.29 is 28.0 Å². The number of carbonyl (C=O) groups is 2. The fourth-order valence-electron chi connectivity index (χ4n) is 3.11. The first kappa shape index (κ1) is 22.3. The predicted octanol–water partition coefficient (Wildman–Crippen LogP) is 1.51. The molecule has 0 radical (unpaired) electrons. The number of sulfone groups is 1. The number of pyridine rings is 1. The number of aromatic nitrogens is 1. The van der Waals surface area contributed by atoms with E-state index in [1.54, 1.807) is 48.8 Å². The summed E-state index contributed by atoms with van der Waals surface area (Å²) in [5, 5.41) is 8.94. The van der Waals surface area contributed by atoms with Gasteiger partial charge in [0.2, 0.25) is 0 Å². The second kappa shape index (κ2) is 8.75. The number of anilines is 1. The summed E-state index contributed by atoms with van der Waals surface area (Å²) in [6.45, 7) is 1.24. The quantitative estimate of drug-likeness (QED) is 0.407. The minimum Gasteiger partial charge on any atom is -0.444 e. The van der Waals surface area contributed by atoms with E-state index in [9.17, 15) is 18.0 Å². The van der Waals surface area contributed by atoms with E-state index >= 15 is 0 Å². The molecule has 0 spiro atoms. The van der Waals surface area contributed by atoms with Gasteiger partial charge in [-0.1, -0.05) is 11.8 Å². The van der Waals surface area contributed by atoms with E-state index < -0.39 is 32.7 Å². The molecule has 10 heteroatoms. The van der Waals surface area contributed by atoms with Gasteiger partial charge in [0, 0.05) is 41.9 Å². The molecule has 2 heterocycles. The number of nitrogens with zero attached hydrogens (tertiary/aromatic N) is 2. The first-order chi connectivity index (χ1) is 14.6. The molecule has 2 N–H and O–H groups in total. The van der Waals surface area contributed by atoms with Crippen LogP contribution < -0.4 is 10.4 Å². The number of ether oxygens (including phenoxy) is 1. The Morgan fingerprint density at radius 2 is 1.81 bits per heavy atom. The Labute approximate surface area is 179 Å². The molecule has 1 aromatic carbocycles. The van der Waals surface area contributed by atoms with E-state index in [2.05, 4.69) is 16.8 Å². The van der Waals surface area contributed by atoms with E-state index in [-0.39, 0.29) is 13.0 Å². The maximum Gasteiger partial charge on any atom is 0.414 e. The van der Waals surface area contributed by atoms with Crippen molar-refractivity contribution in [1.82, 2.24) is 10.5 Å². The maximum atomic E-state index is 12.3. The fraction of sp³-hybridized carbons (Fsp3) is 0.286. The molecule has 1 aromatic heterocycles. The van der Waals surface area contributed by atoms with Crippen LogP contribution in [0, 0.1) is 11.8 Å². The summed E-state index contributed by atoms with van der Waals surface area (Å²) in [6.07, 6.45) is 2.40. The lowest BCUT2D eigenvalue weighted by Gasteiger charge is -2.26. The van der Waals surface area contributed by atoms with Gasteiger partial charge in [-0.25, -0.2) is 18.7 Å². The Morgan fingerprint density at radius 1 is 1.23 bits per heavy atom. The summed E-state index contributed by atoms with van der Waals surface area (Å²) in [5.41, 5.74) is 3.50. The summed E-state index contributed by atoms with van der Waals surface area (Å²) >= 11 is 0. The van der Waals surface area contributed by atoms with Crippen LogP contribution in [0.3, 0.4) is 0 Å². The van der Waals surface area contributed by atoms with Gasteiger partial charge in [0.05, 0.1) is 6.54 Å². The SMILES string of the molecule is C[C@@](C[C@H]1CN(c2ccc(C#Cc3ccncc3)cc2)C(=O)O1)(C(=O)NO)S(C)(=O)=O. The zero-order valence-corrected chi connectivity index (χ0v) is 17.7. The van der Waals surface area contributed by atoms with Crippen LogP contribution in [-0.4, -0.2) is 54.3 Å². The number of carbonyl (C=O) groups excluding carboxylic acids is 2. The van der Waals surface area contributed by atoms with Crippen LogP contribution in [0.25, 0.3) is 0 Å². The highest BCUT2D eigenvalue weighted by molar-refractivity contribution is 7.92. The second-order valence-electron chi connectivity index (χ2n) is 7.30. The monoisotopic (exact) mass is 443 g/mol. The lowest BCUT2D eigenvalue weighted by Crippen LogP contribution is -2.51. The van der Waals surface area contributed by atoms with Gasteiger partial charge >= 0.3 is 6.09 Å². The Balaban J connectivity index is 1.73. The molecule has 9 nitrogen and oxygen atoms in total. The Hall–Kier alpha value is -3.42. The number of cyclic esters (lactones) is 1. The third-order valence-corrected chi connectivity index (χ3v) is 7.09. The topological polar surface area (TPSA) is 126 Å². The molecule has 1 fully saturated rings. The highest BCUT2D eigenvalue weighted by Crippen LogP contribution is 2.30. The van der Waals surface area contributed by atoms with Crippen molar-refractivity contribution in [2.45, 2.75) is 24.2 Å². The molecular formula is C21H21N3O6S. The van der Waals surface area contributed by atoms with Crippen LogP contribution in [0.2, 0.25) is 0 Å². The average Bonchev–Trinajstić information content (AvgIpc) is 3.11. The van der Waals surface area contributed by atoms with Crippen molar-refractivity contribution in [2.75, 3.05) is 17.7 Å². The number of hydrogen-bond donors (Lipinski definition) is 2. The molecule has 162 valence electrons. The van der Waals surface area contributed by atoms with Crippen LogP contribution in [0.4, 0.5) is 10.5 Å². The van der Waals surface area contributed by atoms with Gasteiger partial charge in [-0.15, -0.1) is 0 Å². The molecule has 0 unspecified atom stereocenters. The standard InChI is InChI=1S/C21H21N3O6S/c1-21(19(25)23-27,31(2,28)29)13-18-14-24(20(26)30-18)17-7-5-15(6-8-17)3-4-16-9-11-22-12-10-16/h5-12,18,27H,13-14H2,1-2H3,(H,23,25)/t18-,21+/m0/s1. The summed E-state index contributed by atoms with van der Waals surface area (Å²) in [4.78, 5) is 29.6. The van der Waals surface area contributed by atoms with Crippen LogP contribution in [-0.2, 0) is 19.4 Å². The van der Waals surface area contributed by atoms with E-state index in [0.717, 1.165) is 17.4 Å². The van der Waals surface area contributed by atoms with Crippen LogP contribution >= 0.6 is 0 Å². The van der Waals surface area contributed by atoms with Crippen molar-refractivity contribution in [1.29, 1.82) is 0 Å². The van der Waals surface area contributed by atoms with Gasteiger partial charge in [0.15, 0.2) is 14.6 Å². The molecule has 3 rings (SSSR count). The third kappa shape index (κ3) is 4.84. The summed E-state index contributed by atoms with van der Waals surface area (Å²) in [5.74, 6) is 4.95. The second-order valence-corrected chi connectivity index (χ2v) is 9.74. The predicted molar refractivity (Wildman–Crippen MR) is 112 cm³/mol. The normalized spacial score (nSPS) is 17.8. The lowest BCUT2D eigenvalue weighted by molar-refractivity contribution is -0.132. The zero-order valence-electron chi connectivity index (χ0n) is 16.9. The minimum atomic E-state index is -3.90. The average molecular weight is 443 g/mol. The van der Waals surface area contributed by atoms with Crippen molar-refractivity contribution in [2.24, 2.45) is 0 Å². The number of hydroxylamine groups is 1. The summed E-state index contributed by atoms with van der Waals surface area (Å²) in [6, 6.07) is 10.5. The largest absolute Gasteiger partial charge is 0.444 e. The number of nitrogens with one attached hydrogen (secondary N) is 1. The van der Waals surface area contributed by atoms with E-state index in [1.165, 1.54) is 17.3 Å². The number of amides is 2. The summed E-state index contributed by atoms with van der Waals surface area (Å²) in [7, 11) is -3.90. The number of benzene rings is 1. The van der Waals surface area contributed by atoms with Crippen LogP contribution in [0.15, 0.2) is 48.8 Å². The van der Waals surface area contributed by atoms with Gasteiger partial charge < -0.3 is 4.74 Å². The fourth-order valence-corrected chi connectivity index (χ4v) is 3.98. The maximum absolute atomic E-state index is 12.3. The van der Waals surface area contributed by atoms with Crippen LogP contribution in [0.5, 0.6) is 0 Å². The molecule has 1 saturated heterocycles. The molecule has 0 saturated carbocycles. The van der Waals surface area contributed by atoms with Gasteiger partial charge in [-0.2, -0.15) is 0 Å². The molecular weight excluding hydrogens is 422 g/mol. The Bertz CT molecular complexity index is 1140. The number of hydrogen-bond acceptors (Lipinski definition) is 7. The van der Waals surface area contributed by atoms with Gasteiger partial charge in [0.1, 0.15) is 6.10 Å². The Kier molecular flexibility index (Phi) is 6.29. The highest BCUT2D eigenvalue weighted by Gasteiger charge is 2.48. The summed E-state index contributed by atoms with van der Waals surface area (Å²) < 4.78 is 27.6. The molecule has 2 aromatic rings. The molecule has 2 atom stereocenters. The van der Waals surface area contributed by atoms with Gasteiger partial charge in [-0.05, 0) is 43.3 Å². The van der Waals surface area contributed by atoms with Gasteiger partial charge in [0.25, 0.3) is 5.91 Å². The third-order valence-electron chi connectivity index (χ3n) is 5.10. The molecule has 1 aliphatic heterocycles. The first-order valence-corrected chi connectivity index (χ1v) is 11.2. The van der Waals surface area contributed by atoms with Crippen molar-refractivity contribution in [3.05, 3.63) is 59.9 Å². The van der Waals surface area contributed by atoms with Gasteiger partial charge in [-0.3, -0.25) is 19.9 Å². The molecule has 2 amide bonds. The smallest absolute Gasteiger partial charge is 0.414 e. The highest BCUT2D eigenvalue weighted by atomic mass is 32.2. The van der Waals surface area contributed by atoms with Crippen molar-refractivity contribution >= 4 is 27.5 Å². The molecule has 0 bridgehead atoms. The Morgan fingerprint density at radius 3 is 2.35 bits per heavy atom. The van der Waals surface area contributed by atoms with Crippen molar-refractivity contribution in [3.63, 3.8) is 0 Å².